The number of fused-ring (bicyclic) bond motifs is 1. The largest absolute Gasteiger partial charge is 0.494 e. The Bertz CT molecular complexity index is 500. The number of hydrogen-bond acceptors (Lipinski definition) is 3. The fourth-order valence-corrected chi connectivity index (χ4v) is 2.07. The molecule has 0 spiro atoms. The predicted molar refractivity (Wildman–Crippen MR) is 74.1 cm³/mol. The van der Waals surface area contributed by atoms with Crippen LogP contribution in [0.3, 0.4) is 0 Å². The van der Waals surface area contributed by atoms with E-state index in [9.17, 15) is 0 Å². The van der Waals surface area contributed by atoms with Gasteiger partial charge in [0, 0.05) is 5.39 Å². The Morgan fingerprint density at radius 3 is 2.78 bits per heavy atom. The molecule has 1 unspecified atom stereocenters. The van der Waals surface area contributed by atoms with Gasteiger partial charge >= 0.3 is 0 Å². The Hall–Kier alpha value is -1.48. The minimum Gasteiger partial charge on any atom is -0.494 e. The normalized spacial score (nSPS) is 12.8. The topological polar surface area (TPSA) is 34.4 Å². The molecule has 0 aliphatic rings. The summed E-state index contributed by atoms with van der Waals surface area (Å²) in [5.41, 5.74) is 0.919. The van der Waals surface area contributed by atoms with Crippen molar-refractivity contribution in [3.05, 3.63) is 30.0 Å². The summed E-state index contributed by atoms with van der Waals surface area (Å²) in [6.45, 7) is 5.00. The van der Waals surface area contributed by atoms with Crippen molar-refractivity contribution >= 4 is 11.0 Å². The van der Waals surface area contributed by atoms with Crippen molar-refractivity contribution in [2.75, 3.05) is 13.7 Å². The van der Waals surface area contributed by atoms with Crippen LogP contribution in [0, 0.1) is 0 Å². The number of hydrogen-bond donors (Lipinski definition) is 1. The van der Waals surface area contributed by atoms with Crippen molar-refractivity contribution in [3.63, 3.8) is 0 Å². The highest BCUT2D eigenvalue weighted by atomic mass is 16.5. The third kappa shape index (κ3) is 2.67. The number of benzene rings is 1. The number of rotatable bonds is 6. The highest BCUT2D eigenvalue weighted by molar-refractivity contribution is 5.79. The maximum Gasteiger partial charge on any atom is 0.134 e. The Kier molecular flexibility index (Phi) is 4.26. The summed E-state index contributed by atoms with van der Waals surface area (Å²) in [6.07, 6.45) is 2.03. The fraction of sp³-hybridized carbons (Fsp3) is 0.467. The van der Waals surface area contributed by atoms with E-state index in [0.717, 1.165) is 41.9 Å². The van der Waals surface area contributed by atoms with Crippen LogP contribution in [0.5, 0.6) is 5.75 Å². The zero-order valence-corrected chi connectivity index (χ0v) is 11.3. The quantitative estimate of drug-likeness (QED) is 0.840. The van der Waals surface area contributed by atoms with E-state index in [-0.39, 0.29) is 6.04 Å². The van der Waals surface area contributed by atoms with Gasteiger partial charge in [0.25, 0.3) is 0 Å². The van der Waals surface area contributed by atoms with Gasteiger partial charge in [0.2, 0.25) is 0 Å². The molecule has 0 radical (unpaired) electrons. The lowest BCUT2D eigenvalue weighted by atomic mass is 10.1. The smallest absolute Gasteiger partial charge is 0.134 e. The summed E-state index contributed by atoms with van der Waals surface area (Å²) in [5.74, 6) is 1.90. The molecule has 0 amide bonds. The Balaban J connectivity index is 2.27. The summed E-state index contributed by atoms with van der Waals surface area (Å²) in [6, 6.07) is 8.36. The van der Waals surface area contributed by atoms with Crippen molar-refractivity contribution in [3.8, 4) is 5.75 Å². The molecule has 98 valence electrons. The van der Waals surface area contributed by atoms with Crippen LogP contribution in [0.25, 0.3) is 11.0 Å². The maximum absolute atomic E-state index is 5.85. The third-order valence-electron chi connectivity index (χ3n) is 3.08. The molecule has 2 aromatic rings. The monoisotopic (exact) mass is 247 g/mol. The fourth-order valence-electron chi connectivity index (χ4n) is 2.07. The van der Waals surface area contributed by atoms with Crippen LogP contribution in [0.1, 0.15) is 38.5 Å². The maximum atomic E-state index is 5.85. The second-order valence-electron chi connectivity index (χ2n) is 4.45. The lowest BCUT2D eigenvalue weighted by molar-refractivity contribution is 0.318. The summed E-state index contributed by atoms with van der Waals surface area (Å²) >= 11 is 0. The minimum absolute atomic E-state index is 0.275. The molecular formula is C15H21NO2. The number of ether oxygens (including phenoxy) is 1. The Labute approximate surface area is 108 Å². The van der Waals surface area contributed by atoms with E-state index in [0.29, 0.717) is 0 Å². The second kappa shape index (κ2) is 5.91. The van der Waals surface area contributed by atoms with Crippen molar-refractivity contribution in [1.29, 1.82) is 0 Å². The molecule has 1 aromatic carbocycles. The summed E-state index contributed by atoms with van der Waals surface area (Å²) in [7, 11) is 1.96. The summed E-state index contributed by atoms with van der Waals surface area (Å²) in [4.78, 5) is 0. The molecule has 0 saturated carbocycles. The third-order valence-corrected chi connectivity index (χ3v) is 3.08. The summed E-state index contributed by atoms with van der Waals surface area (Å²) < 4.78 is 11.5. The zero-order valence-electron chi connectivity index (χ0n) is 11.3. The average molecular weight is 247 g/mol. The van der Waals surface area contributed by atoms with E-state index in [1.807, 2.05) is 25.2 Å². The first-order valence-corrected chi connectivity index (χ1v) is 6.62. The first-order valence-electron chi connectivity index (χ1n) is 6.62. The van der Waals surface area contributed by atoms with Gasteiger partial charge < -0.3 is 14.5 Å². The molecule has 3 heteroatoms. The van der Waals surface area contributed by atoms with Gasteiger partial charge in [-0.1, -0.05) is 13.8 Å². The molecule has 0 aliphatic heterocycles. The first-order chi connectivity index (χ1) is 8.78. The lowest BCUT2D eigenvalue weighted by Gasteiger charge is -2.09. The van der Waals surface area contributed by atoms with E-state index < -0.39 is 0 Å². The van der Waals surface area contributed by atoms with Gasteiger partial charge in [-0.2, -0.15) is 0 Å². The van der Waals surface area contributed by atoms with Crippen LogP contribution in [0.15, 0.2) is 28.7 Å². The van der Waals surface area contributed by atoms with Crippen LogP contribution in [0.4, 0.5) is 0 Å². The van der Waals surface area contributed by atoms with E-state index in [1.165, 1.54) is 0 Å². The van der Waals surface area contributed by atoms with E-state index in [2.05, 4.69) is 25.2 Å². The van der Waals surface area contributed by atoms with E-state index in [1.54, 1.807) is 0 Å². The molecule has 1 aromatic heterocycles. The molecule has 18 heavy (non-hydrogen) atoms. The molecular weight excluding hydrogens is 226 g/mol. The molecule has 0 bridgehead atoms. The van der Waals surface area contributed by atoms with Gasteiger partial charge in [0.1, 0.15) is 17.1 Å². The number of nitrogens with one attached hydrogen (secondary N) is 1. The van der Waals surface area contributed by atoms with Crippen LogP contribution in [-0.4, -0.2) is 13.7 Å². The van der Waals surface area contributed by atoms with Crippen LogP contribution < -0.4 is 10.1 Å². The standard InChI is InChI=1S/C15H21NO2/c1-4-8-17-12-6-7-14-11(9-12)10-15(18-14)13(5-2)16-3/h6-7,9-10,13,16H,4-5,8H2,1-3H3. The average Bonchev–Trinajstić information content (AvgIpc) is 2.80. The predicted octanol–water partition coefficient (Wildman–Crippen LogP) is 3.89. The zero-order chi connectivity index (χ0) is 13.0. The van der Waals surface area contributed by atoms with Gasteiger partial charge in [0.05, 0.1) is 12.6 Å². The van der Waals surface area contributed by atoms with Gasteiger partial charge in [-0.15, -0.1) is 0 Å². The van der Waals surface area contributed by atoms with Crippen LogP contribution >= 0.6 is 0 Å². The van der Waals surface area contributed by atoms with E-state index >= 15 is 0 Å². The molecule has 1 heterocycles. The van der Waals surface area contributed by atoms with Crippen molar-refractivity contribution in [2.24, 2.45) is 0 Å². The van der Waals surface area contributed by atoms with E-state index in [4.69, 9.17) is 9.15 Å². The van der Waals surface area contributed by atoms with Crippen LogP contribution in [0.2, 0.25) is 0 Å². The lowest BCUT2D eigenvalue weighted by Crippen LogP contribution is -2.14. The van der Waals surface area contributed by atoms with Gasteiger partial charge in [-0.3, -0.25) is 0 Å². The molecule has 2 rings (SSSR count). The first kappa shape index (κ1) is 13.0. The van der Waals surface area contributed by atoms with Gasteiger partial charge in [-0.05, 0) is 44.2 Å². The molecule has 0 aliphatic carbocycles. The van der Waals surface area contributed by atoms with Gasteiger partial charge in [-0.25, -0.2) is 0 Å². The molecule has 0 saturated heterocycles. The summed E-state index contributed by atoms with van der Waals surface area (Å²) in [5, 5.41) is 4.36. The highest BCUT2D eigenvalue weighted by Crippen LogP contribution is 2.28. The van der Waals surface area contributed by atoms with Gasteiger partial charge in [0.15, 0.2) is 0 Å². The van der Waals surface area contributed by atoms with Crippen molar-refractivity contribution in [2.45, 2.75) is 32.7 Å². The van der Waals surface area contributed by atoms with Crippen molar-refractivity contribution in [1.82, 2.24) is 5.32 Å². The number of furan rings is 1. The SMILES string of the molecule is CCCOc1ccc2oc(C(CC)NC)cc2c1. The molecule has 3 nitrogen and oxygen atoms in total. The Morgan fingerprint density at radius 1 is 1.28 bits per heavy atom. The van der Waals surface area contributed by atoms with Crippen LogP contribution in [-0.2, 0) is 0 Å². The molecule has 1 N–H and O–H groups in total. The molecule has 1 atom stereocenters. The highest BCUT2D eigenvalue weighted by Gasteiger charge is 2.12. The van der Waals surface area contributed by atoms with Crippen molar-refractivity contribution < 1.29 is 9.15 Å². The molecule has 0 fully saturated rings. The second-order valence-corrected chi connectivity index (χ2v) is 4.45. The minimum atomic E-state index is 0.275. The Morgan fingerprint density at radius 2 is 2.11 bits per heavy atom.